The number of anilines is 1. The monoisotopic (exact) mass is 468 g/mol. The van der Waals surface area contributed by atoms with E-state index in [9.17, 15) is 13.5 Å². The van der Waals surface area contributed by atoms with Crippen molar-refractivity contribution in [3.05, 3.63) is 82.9 Å². The van der Waals surface area contributed by atoms with Crippen LogP contribution in [0.5, 0.6) is 11.5 Å². The molecule has 3 aromatic carbocycles. The molecule has 0 spiro atoms. The number of nitrogens with one attached hydrogen (secondary N) is 1. The van der Waals surface area contributed by atoms with Crippen LogP contribution in [-0.2, 0) is 10.0 Å². The maximum atomic E-state index is 12.5. The Bertz CT molecular complexity index is 1310. The highest BCUT2D eigenvalue weighted by Gasteiger charge is 2.24. The number of halogens is 1. The second-order valence-electron chi connectivity index (χ2n) is 7.82. The third-order valence-electron chi connectivity index (χ3n) is 4.83. The van der Waals surface area contributed by atoms with E-state index in [1.54, 1.807) is 42.6 Å². The lowest BCUT2D eigenvalue weighted by atomic mass is 10.00. The molecule has 32 heavy (non-hydrogen) atoms. The SMILES string of the molecule is CC1(C)C=Cc2c(ccc(C=Nc3ccc(NS(=O)(=O)c4ccc(Cl)cc4)cc3)c2O)O1. The van der Waals surface area contributed by atoms with Gasteiger partial charge in [0.15, 0.2) is 0 Å². The Labute approximate surface area is 191 Å². The van der Waals surface area contributed by atoms with Crippen molar-refractivity contribution in [2.45, 2.75) is 24.3 Å². The number of ether oxygens (including phenoxy) is 1. The van der Waals surface area contributed by atoms with E-state index in [2.05, 4.69) is 9.71 Å². The minimum atomic E-state index is -3.72. The third kappa shape index (κ3) is 4.79. The number of sulfonamides is 1. The molecule has 0 fully saturated rings. The molecule has 6 nitrogen and oxygen atoms in total. The summed E-state index contributed by atoms with van der Waals surface area (Å²) in [5.74, 6) is 0.704. The number of phenolic OH excluding ortho intramolecular Hbond substituents is 1. The average Bonchev–Trinajstić information content (AvgIpc) is 2.74. The zero-order chi connectivity index (χ0) is 22.9. The molecule has 0 saturated carbocycles. The number of hydrogen-bond donors (Lipinski definition) is 2. The average molecular weight is 469 g/mol. The Hall–Kier alpha value is -3.29. The molecular formula is C24H21ClN2O4S. The first-order valence-corrected chi connectivity index (χ1v) is 11.7. The lowest BCUT2D eigenvalue weighted by Gasteiger charge is -2.28. The van der Waals surface area contributed by atoms with Gasteiger partial charge in [0.25, 0.3) is 10.0 Å². The quantitative estimate of drug-likeness (QED) is 0.464. The van der Waals surface area contributed by atoms with Gasteiger partial charge in [-0.3, -0.25) is 9.71 Å². The molecule has 1 aliphatic heterocycles. The fourth-order valence-electron chi connectivity index (χ4n) is 3.15. The topological polar surface area (TPSA) is 88.0 Å². The number of aliphatic imine (C=N–C) groups is 1. The van der Waals surface area contributed by atoms with Gasteiger partial charge < -0.3 is 9.84 Å². The number of aromatic hydroxyl groups is 1. The molecular weight excluding hydrogens is 448 g/mol. The van der Waals surface area contributed by atoms with Crippen molar-refractivity contribution >= 4 is 45.3 Å². The van der Waals surface area contributed by atoms with Crippen LogP contribution in [0.3, 0.4) is 0 Å². The van der Waals surface area contributed by atoms with Gasteiger partial charge in [0.05, 0.1) is 16.1 Å². The molecule has 0 unspecified atom stereocenters. The van der Waals surface area contributed by atoms with Gasteiger partial charge in [-0.15, -0.1) is 0 Å². The number of hydrogen-bond acceptors (Lipinski definition) is 5. The predicted octanol–water partition coefficient (Wildman–Crippen LogP) is 5.78. The van der Waals surface area contributed by atoms with E-state index >= 15 is 0 Å². The summed E-state index contributed by atoms with van der Waals surface area (Å²) in [6.45, 7) is 3.89. The Balaban J connectivity index is 1.49. The molecule has 1 heterocycles. The van der Waals surface area contributed by atoms with Crippen molar-refractivity contribution in [3.8, 4) is 11.5 Å². The number of rotatable bonds is 5. The van der Waals surface area contributed by atoms with Gasteiger partial charge in [0, 0.05) is 22.5 Å². The van der Waals surface area contributed by atoms with Crippen LogP contribution in [0.2, 0.25) is 5.02 Å². The fraction of sp³-hybridized carbons (Fsp3) is 0.125. The van der Waals surface area contributed by atoms with E-state index in [4.69, 9.17) is 16.3 Å². The Kier molecular flexibility index (Phi) is 5.71. The standard InChI is InChI=1S/C24H21ClN2O4S/c1-24(2)14-13-21-22(31-24)12-3-16(23(21)28)15-26-18-6-8-19(9-7-18)27-32(29,30)20-10-4-17(25)5-11-20/h3-15,27-28H,1-2H3. The van der Waals surface area contributed by atoms with Gasteiger partial charge in [-0.25, -0.2) is 8.42 Å². The molecule has 0 bridgehead atoms. The molecule has 0 radical (unpaired) electrons. The lowest BCUT2D eigenvalue weighted by Crippen LogP contribution is -2.27. The normalized spacial score (nSPS) is 14.7. The summed E-state index contributed by atoms with van der Waals surface area (Å²) in [7, 11) is -3.72. The molecule has 0 saturated heterocycles. The van der Waals surface area contributed by atoms with E-state index in [1.807, 2.05) is 26.0 Å². The van der Waals surface area contributed by atoms with Gasteiger partial charge in [0.1, 0.15) is 17.1 Å². The van der Waals surface area contributed by atoms with Crippen LogP contribution in [0.1, 0.15) is 25.0 Å². The number of fused-ring (bicyclic) bond motifs is 1. The summed E-state index contributed by atoms with van der Waals surface area (Å²) in [4.78, 5) is 4.50. The largest absolute Gasteiger partial charge is 0.506 e. The van der Waals surface area contributed by atoms with Crippen molar-refractivity contribution in [1.82, 2.24) is 0 Å². The van der Waals surface area contributed by atoms with Crippen LogP contribution < -0.4 is 9.46 Å². The Morgan fingerprint density at radius 3 is 2.41 bits per heavy atom. The number of phenols is 1. The van der Waals surface area contributed by atoms with Crippen molar-refractivity contribution in [2.75, 3.05) is 4.72 Å². The Morgan fingerprint density at radius 1 is 1.03 bits per heavy atom. The molecule has 2 N–H and O–H groups in total. The molecule has 0 aliphatic carbocycles. The summed E-state index contributed by atoms with van der Waals surface area (Å²) < 4.78 is 33.3. The highest BCUT2D eigenvalue weighted by atomic mass is 35.5. The lowest BCUT2D eigenvalue weighted by molar-refractivity contribution is 0.158. The first-order valence-electron chi connectivity index (χ1n) is 9.80. The molecule has 1 aliphatic rings. The zero-order valence-corrected chi connectivity index (χ0v) is 19.0. The van der Waals surface area contributed by atoms with E-state index in [0.717, 1.165) is 0 Å². The fourth-order valence-corrected chi connectivity index (χ4v) is 4.33. The van der Waals surface area contributed by atoms with Crippen LogP contribution in [0, 0.1) is 0 Å². The maximum absolute atomic E-state index is 12.5. The summed E-state index contributed by atoms with van der Waals surface area (Å²) >= 11 is 5.82. The molecule has 0 aromatic heterocycles. The second kappa shape index (κ2) is 8.33. The minimum absolute atomic E-state index is 0.0883. The van der Waals surface area contributed by atoms with Gasteiger partial charge in [0.2, 0.25) is 0 Å². The smallest absolute Gasteiger partial charge is 0.261 e. The molecule has 8 heteroatoms. The van der Waals surface area contributed by atoms with Gasteiger partial charge in [-0.1, -0.05) is 11.6 Å². The summed E-state index contributed by atoms with van der Waals surface area (Å²) in [6, 6.07) is 16.0. The molecule has 0 atom stereocenters. The van der Waals surface area contributed by atoms with Crippen molar-refractivity contribution in [2.24, 2.45) is 4.99 Å². The molecule has 4 rings (SSSR count). The van der Waals surface area contributed by atoms with Crippen LogP contribution in [0.4, 0.5) is 11.4 Å². The zero-order valence-electron chi connectivity index (χ0n) is 17.4. The molecule has 164 valence electrons. The first-order chi connectivity index (χ1) is 15.1. The molecule has 0 amide bonds. The van der Waals surface area contributed by atoms with Crippen LogP contribution in [-0.4, -0.2) is 25.3 Å². The maximum Gasteiger partial charge on any atom is 0.261 e. The molecule has 3 aromatic rings. The summed E-state index contributed by atoms with van der Waals surface area (Å²) in [5, 5.41) is 11.0. The van der Waals surface area contributed by atoms with Crippen molar-refractivity contribution < 1.29 is 18.3 Å². The highest BCUT2D eigenvalue weighted by Crippen LogP contribution is 2.38. The summed E-state index contributed by atoms with van der Waals surface area (Å²) in [6.07, 6.45) is 5.28. The van der Waals surface area contributed by atoms with E-state index in [-0.39, 0.29) is 10.6 Å². The number of nitrogens with zero attached hydrogens (tertiary/aromatic N) is 1. The Morgan fingerprint density at radius 2 is 1.72 bits per heavy atom. The number of benzene rings is 3. The highest BCUT2D eigenvalue weighted by molar-refractivity contribution is 7.92. The van der Waals surface area contributed by atoms with E-state index in [1.165, 1.54) is 24.3 Å². The van der Waals surface area contributed by atoms with Crippen molar-refractivity contribution in [3.63, 3.8) is 0 Å². The van der Waals surface area contributed by atoms with E-state index in [0.29, 0.717) is 33.3 Å². The van der Waals surface area contributed by atoms with Gasteiger partial charge >= 0.3 is 0 Å². The second-order valence-corrected chi connectivity index (χ2v) is 9.94. The van der Waals surface area contributed by atoms with Crippen LogP contribution >= 0.6 is 11.6 Å². The van der Waals surface area contributed by atoms with E-state index < -0.39 is 15.6 Å². The van der Waals surface area contributed by atoms with Crippen LogP contribution in [0.15, 0.2) is 76.6 Å². The van der Waals surface area contributed by atoms with Crippen molar-refractivity contribution in [1.29, 1.82) is 0 Å². The first kappa shape index (κ1) is 21.9. The third-order valence-corrected chi connectivity index (χ3v) is 6.48. The minimum Gasteiger partial charge on any atom is -0.506 e. The van der Waals surface area contributed by atoms with Gasteiger partial charge in [-0.05, 0) is 86.7 Å². The van der Waals surface area contributed by atoms with Crippen LogP contribution in [0.25, 0.3) is 6.08 Å². The summed E-state index contributed by atoms with van der Waals surface area (Å²) in [5.41, 5.74) is 1.74. The predicted molar refractivity (Wildman–Crippen MR) is 128 cm³/mol. The van der Waals surface area contributed by atoms with Gasteiger partial charge in [-0.2, -0.15) is 0 Å².